The summed E-state index contributed by atoms with van der Waals surface area (Å²) in [4.78, 5) is 65.5. The van der Waals surface area contributed by atoms with E-state index < -0.39 is 46.5 Å². The third-order valence-corrected chi connectivity index (χ3v) is 10.8. The maximum absolute atomic E-state index is 13.4. The number of amidine groups is 1. The maximum Gasteiger partial charge on any atom is 0.350 e. The smallest absolute Gasteiger partial charge is 0.350 e. The van der Waals surface area contributed by atoms with Crippen molar-refractivity contribution in [3.63, 3.8) is 0 Å². The van der Waals surface area contributed by atoms with Crippen molar-refractivity contribution in [1.29, 1.82) is 0 Å². The first-order valence-electron chi connectivity index (χ1n) is 16.1. The Hall–Kier alpha value is -5.75. The number of carboxylic acids is 2. The summed E-state index contributed by atoms with van der Waals surface area (Å²) in [6.07, 6.45) is 5.80. The van der Waals surface area contributed by atoms with Gasteiger partial charge in [-0.3, -0.25) is 19.5 Å². The summed E-state index contributed by atoms with van der Waals surface area (Å²) in [7, 11) is 0. The van der Waals surface area contributed by atoms with Crippen molar-refractivity contribution in [2.24, 2.45) is 10.1 Å². The number of hydrogen-bond acceptors (Lipinski definition) is 13. The molecule has 0 bridgehead atoms. The van der Waals surface area contributed by atoms with Crippen molar-refractivity contribution in [2.75, 3.05) is 24.6 Å². The minimum absolute atomic E-state index is 0.0184. The maximum atomic E-state index is 13.4. The Kier molecular flexibility index (Phi) is 9.18. The van der Waals surface area contributed by atoms with Gasteiger partial charge in [0.05, 0.1) is 29.1 Å². The molecule has 18 heteroatoms. The Bertz CT molecular complexity index is 2210. The van der Waals surface area contributed by atoms with Gasteiger partial charge in [-0.2, -0.15) is 0 Å². The lowest BCUT2D eigenvalue weighted by molar-refractivity contribution is -0.687. The van der Waals surface area contributed by atoms with E-state index in [0.29, 0.717) is 12.1 Å². The molecule has 0 radical (unpaired) electrons. The first-order valence-corrected chi connectivity index (χ1v) is 18.1. The van der Waals surface area contributed by atoms with E-state index in [0.717, 1.165) is 57.2 Å². The molecule has 2 atom stereocenters. The van der Waals surface area contributed by atoms with E-state index in [-0.39, 0.29) is 28.8 Å². The van der Waals surface area contributed by atoms with Gasteiger partial charge in [0.2, 0.25) is 5.60 Å². The van der Waals surface area contributed by atoms with Gasteiger partial charge in [-0.1, -0.05) is 29.4 Å². The van der Waals surface area contributed by atoms with Gasteiger partial charge in [0, 0.05) is 47.6 Å². The summed E-state index contributed by atoms with van der Waals surface area (Å²) >= 11 is 2.32. The average Bonchev–Trinajstić information content (AvgIpc) is 3.89. The molecule has 2 amide bonds. The van der Waals surface area contributed by atoms with E-state index >= 15 is 0 Å². The van der Waals surface area contributed by atoms with Crippen LogP contribution in [-0.4, -0.2) is 90.7 Å². The summed E-state index contributed by atoms with van der Waals surface area (Å²) in [5, 5.41) is 33.3. The molecule has 5 N–H and O–H groups in total. The number of nitrogens with zero attached hydrogens (tertiary/aromatic N) is 6. The normalized spacial score (nSPS) is 18.8. The number of anilines is 1. The van der Waals surface area contributed by atoms with Crippen LogP contribution in [0.1, 0.15) is 30.7 Å². The Morgan fingerprint density at radius 2 is 2.02 bits per heavy atom. The number of carbonyl (C=O) groups excluding carboxylic acids is 3. The van der Waals surface area contributed by atoms with E-state index in [2.05, 4.69) is 54.6 Å². The van der Waals surface area contributed by atoms with Crippen LogP contribution >= 0.6 is 23.1 Å². The Morgan fingerprint density at radius 3 is 2.69 bits per heavy atom. The molecule has 0 saturated carbocycles. The van der Waals surface area contributed by atoms with E-state index in [9.17, 15) is 29.4 Å². The number of aliphatic imine (C=N–C) groups is 1. The molecular weight excluding hydrogens is 711 g/mol. The van der Waals surface area contributed by atoms with Crippen LogP contribution < -0.4 is 26.0 Å². The third kappa shape index (κ3) is 6.69. The molecule has 6 heterocycles. The number of rotatable bonds is 12. The van der Waals surface area contributed by atoms with Crippen LogP contribution in [0.5, 0.6) is 0 Å². The molecule has 0 aliphatic carbocycles. The van der Waals surface area contributed by atoms with Gasteiger partial charge in [0.25, 0.3) is 11.8 Å². The number of fused-ring (bicyclic) bond motifs is 2. The number of carbonyl (C=O) groups is 4. The molecular formula is C34H33N9O7S2. The molecule has 1 saturated heterocycles. The van der Waals surface area contributed by atoms with Crippen LogP contribution in [0.2, 0.25) is 0 Å². The second-order valence-corrected chi connectivity index (χ2v) is 14.8. The van der Waals surface area contributed by atoms with Crippen LogP contribution in [-0.2, 0) is 37.1 Å². The number of pyridine rings is 1. The number of benzene rings is 1. The van der Waals surface area contributed by atoms with Gasteiger partial charge in [-0.15, -0.1) is 23.1 Å². The lowest BCUT2D eigenvalue weighted by atomic mass is 10.0. The zero-order valence-corrected chi connectivity index (χ0v) is 29.6. The molecule has 7 rings (SSSR count). The van der Waals surface area contributed by atoms with Crippen LogP contribution in [0, 0.1) is 0 Å². The van der Waals surface area contributed by atoms with Crippen molar-refractivity contribution < 1.29 is 38.8 Å². The zero-order valence-electron chi connectivity index (χ0n) is 27.9. The highest BCUT2D eigenvalue weighted by molar-refractivity contribution is 8.00. The first-order chi connectivity index (χ1) is 24.9. The molecule has 4 aromatic rings. The van der Waals surface area contributed by atoms with Gasteiger partial charge in [-0.25, -0.2) is 14.3 Å². The first kappa shape index (κ1) is 34.7. The quantitative estimate of drug-likeness (QED) is 0.0658. The monoisotopic (exact) mass is 743 g/mol. The third-order valence-electron chi connectivity index (χ3n) is 8.78. The molecule has 3 aromatic heterocycles. The number of aromatic nitrogens is 3. The van der Waals surface area contributed by atoms with Gasteiger partial charge in [0.15, 0.2) is 29.8 Å². The highest BCUT2D eigenvalue weighted by atomic mass is 32.2. The lowest BCUT2D eigenvalue weighted by Gasteiger charge is -2.50. The van der Waals surface area contributed by atoms with Crippen molar-refractivity contribution in [1.82, 2.24) is 25.1 Å². The van der Waals surface area contributed by atoms with Gasteiger partial charge >= 0.3 is 5.97 Å². The van der Waals surface area contributed by atoms with Gasteiger partial charge in [-0.05, 0) is 25.5 Å². The lowest BCUT2D eigenvalue weighted by Crippen LogP contribution is -2.71. The number of hydrogen-bond donors (Lipinski definition) is 4. The van der Waals surface area contributed by atoms with E-state index in [4.69, 9.17) is 10.6 Å². The summed E-state index contributed by atoms with van der Waals surface area (Å²) in [6, 6.07) is 11.2. The molecule has 0 unspecified atom stereocenters. The predicted octanol–water partition coefficient (Wildman–Crippen LogP) is 0.0536. The minimum Gasteiger partial charge on any atom is -0.543 e. The number of amides is 2. The van der Waals surface area contributed by atoms with Crippen LogP contribution in [0.3, 0.4) is 0 Å². The van der Waals surface area contributed by atoms with Gasteiger partial charge < -0.3 is 40.8 Å². The van der Waals surface area contributed by atoms with Crippen LogP contribution in [0.4, 0.5) is 5.13 Å². The highest BCUT2D eigenvalue weighted by Gasteiger charge is 2.53. The zero-order chi connectivity index (χ0) is 36.7. The highest BCUT2D eigenvalue weighted by Crippen LogP contribution is 2.40. The molecule has 0 spiro atoms. The fraction of sp³-hybridized carbons (Fsp3) is 0.294. The topological polar surface area (TPSA) is 221 Å². The SMILES string of the molecule is CC(C)(O/N=C(\C(=O)N[C@@H]1C(=O)N2C(C(=O)[O-])=C(C[n+]3ccc4c(ccn4Cc4ccc(C5=NCCN5)cc4)c3)CS[C@H]12)c1csc(N)n1)C(=O)O. The Morgan fingerprint density at radius 1 is 1.23 bits per heavy atom. The molecule has 3 aliphatic rings. The summed E-state index contributed by atoms with van der Waals surface area (Å²) in [5.41, 5.74) is 7.02. The molecule has 1 aromatic carbocycles. The van der Waals surface area contributed by atoms with Crippen molar-refractivity contribution in [2.45, 2.75) is 44.0 Å². The second kappa shape index (κ2) is 13.8. The number of thiazole rings is 1. The minimum atomic E-state index is -1.78. The van der Waals surface area contributed by atoms with Crippen molar-refractivity contribution in [3.8, 4) is 0 Å². The molecule has 3 aliphatic heterocycles. The number of aliphatic carboxylic acids is 2. The largest absolute Gasteiger partial charge is 0.543 e. The van der Waals surface area contributed by atoms with Crippen molar-refractivity contribution in [3.05, 3.63) is 88.5 Å². The number of carboxylic acid groups (broad SMARTS) is 2. The molecule has 268 valence electrons. The molecule has 1 fully saturated rings. The number of thioether (sulfide) groups is 1. The number of nitrogen functional groups attached to an aromatic ring is 1. The summed E-state index contributed by atoms with van der Waals surface area (Å²) in [6.45, 7) is 5.00. The molecule has 52 heavy (non-hydrogen) atoms. The standard InChI is InChI=1S/C34H33N9O7S2/c1-34(2,32(48)49)50-40-24(22-17-52-33(35)38-22)28(44)39-25-29(45)43-26(31(46)47)21(16-51-30(25)43)15-41-11-8-23-20(14-41)7-12-42(23)13-18-3-5-19(6-4-18)27-36-9-10-37-27/h3-8,11-12,14,17,25,30H,9-10,13,15-16H2,1-2H3,(H5-,35,36,37,38,39,44,46,47,48,49)/b40-24-/t25-,30-/m1/s1. The Labute approximate surface area is 304 Å². The number of β-lactam (4-membered cyclic amide) rings is 1. The van der Waals surface area contributed by atoms with Crippen LogP contribution in [0.25, 0.3) is 10.9 Å². The van der Waals surface area contributed by atoms with E-state index in [1.165, 1.54) is 31.0 Å². The fourth-order valence-electron chi connectivity index (χ4n) is 6.01. The fourth-order valence-corrected chi connectivity index (χ4v) is 7.89. The number of nitrogens with two attached hydrogens (primary N) is 1. The molecule has 16 nitrogen and oxygen atoms in total. The number of nitrogens with one attached hydrogen (secondary N) is 2. The van der Waals surface area contributed by atoms with E-state index in [1.54, 1.807) is 0 Å². The predicted molar refractivity (Wildman–Crippen MR) is 190 cm³/mol. The summed E-state index contributed by atoms with van der Waals surface area (Å²) in [5.74, 6) is -3.18. The number of oxime groups is 1. The average molecular weight is 744 g/mol. The van der Waals surface area contributed by atoms with Crippen LogP contribution in [0.15, 0.2) is 81.8 Å². The van der Waals surface area contributed by atoms with Gasteiger partial charge in [0.1, 0.15) is 22.9 Å². The summed E-state index contributed by atoms with van der Waals surface area (Å²) < 4.78 is 4.00. The van der Waals surface area contributed by atoms with E-state index in [1.807, 2.05) is 35.3 Å². The second-order valence-electron chi connectivity index (χ2n) is 12.8. The van der Waals surface area contributed by atoms with Crippen molar-refractivity contribution >= 4 is 74.4 Å². The Balaban J connectivity index is 1.05.